The highest BCUT2D eigenvalue weighted by atomic mass is 19.1. The molecule has 0 aromatic heterocycles. The SMILES string of the molecule is C[NH+](C)CC1(C[C@@H](OC(=O)c2ccc([N+](=O)[O-])cc2)c2cccc(F)c2)CCCCC1. The third kappa shape index (κ3) is 6.10. The second-order valence-electron chi connectivity index (χ2n) is 8.90. The molecule has 2 aromatic rings. The molecular weight excluding hydrogens is 399 g/mol. The highest BCUT2D eigenvalue weighted by Gasteiger charge is 2.39. The van der Waals surface area contributed by atoms with Gasteiger partial charge in [-0.3, -0.25) is 10.1 Å². The summed E-state index contributed by atoms with van der Waals surface area (Å²) in [7, 11) is 4.24. The van der Waals surface area contributed by atoms with Crippen LogP contribution in [0.25, 0.3) is 0 Å². The molecule has 0 amide bonds. The second-order valence-corrected chi connectivity index (χ2v) is 8.90. The fraction of sp³-hybridized carbons (Fsp3) is 0.458. The molecule has 1 aliphatic rings. The van der Waals surface area contributed by atoms with Gasteiger partial charge in [0.05, 0.1) is 31.1 Å². The fourth-order valence-electron chi connectivity index (χ4n) is 4.75. The van der Waals surface area contributed by atoms with Crippen molar-refractivity contribution in [3.05, 3.63) is 75.6 Å². The molecule has 166 valence electrons. The van der Waals surface area contributed by atoms with Crippen LogP contribution in [0.15, 0.2) is 48.5 Å². The van der Waals surface area contributed by atoms with Gasteiger partial charge in [0.25, 0.3) is 5.69 Å². The molecule has 2 aromatic carbocycles. The van der Waals surface area contributed by atoms with Crippen LogP contribution in [0.2, 0.25) is 0 Å². The number of quaternary nitrogens is 1. The monoisotopic (exact) mass is 429 g/mol. The second kappa shape index (κ2) is 10.0. The maximum absolute atomic E-state index is 14.0. The van der Waals surface area contributed by atoms with Crippen LogP contribution >= 0.6 is 0 Å². The molecule has 0 saturated heterocycles. The molecule has 0 unspecified atom stereocenters. The van der Waals surface area contributed by atoms with Crippen LogP contribution in [-0.2, 0) is 4.74 Å². The van der Waals surface area contributed by atoms with Crippen LogP contribution in [0, 0.1) is 21.3 Å². The summed E-state index contributed by atoms with van der Waals surface area (Å²) >= 11 is 0. The number of esters is 1. The lowest BCUT2D eigenvalue weighted by Crippen LogP contribution is -3.07. The van der Waals surface area contributed by atoms with Crippen molar-refractivity contribution < 1.29 is 23.7 Å². The zero-order valence-electron chi connectivity index (χ0n) is 18.1. The molecule has 1 atom stereocenters. The predicted molar refractivity (Wildman–Crippen MR) is 115 cm³/mol. The third-order valence-corrected chi connectivity index (χ3v) is 6.04. The Kier molecular flexibility index (Phi) is 7.38. The summed E-state index contributed by atoms with van der Waals surface area (Å²) in [6, 6.07) is 11.6. The standard InChI is InChI=1S/C24H29FN2O4/c1-26(2)17-24(13-4-3-5-14-24)16-22(19-7-6-8-20(25)15-19)31-23(28)18-9-11-21(12-10-18)27(29)30/h6-12,15,22H,3-5,13-14,16-17H2,1-2H3/p+1/t22-/m1/s1. The summed E-state index contributed by atoms with van der Waals surface area (Å²) in [5.74, 6) is -0.933. The summed E-state index contributed by atoms with van der Waals surface area (Å²) in [5, 5.41) is 10.9. The molecule has 0 aliphatic heterocycles. The van der Waals surface area contributed by atoms with Gasteiger partial charge in [-0.05, 0) is 49.1 Å². The number of non-ortho nitro benzene ring substituents is 1. The van der Waals surface area contributed by atoms with Crippen LogP contribution in [0.4, 0.5) is 10.1 Å². The molecule has 1 aliphatic carbocycles. The molecule has 3 rings (SSSR count). The molecule has 0 bridgehead atoms. The van der Waals surface area contributed by atoms with Crippen LogP contribution in [0.3, 0.4) is 0 Å². The average molecular weight is 430 g/mol. The normalized spacial score (nSPS) is 16.6. The van der Waals surface area contributed by atoms with E-state index in [1.54, 1.807) is 12.1 Å². The fourth-order valence-corrected chi connectivity index (χ4v) is 4.75. The van der Waals surface area contributed by atoms with Gasteiger partial charge in [0.15, 0.2) is 0 Å². The van der Waals surface area contributed by atoms with E-state index in [9.17, 15) is 19.3 Å². The maximum Gasteiger partial charge on any atom is 0.338 e. The lowest BCUT2D eigenvalue weighted by atomic mass is 9.69. The number of hydrogen-bond donors (Lipinski definition) is 1. The van der Waals surface area contributed by atoms with Gasteiger partial charge in [0.2, 0.25) is 0 Å². The minimum Gasteiger partial charge on any atom is -0.454 e. The maximum atomic E-state index is 14.0. The van der Waals surface area contributed by atoms with Gasteiger partial charge in [-0.15, -0.1) is 0 Å². The van der Waals surface area contributed by atoms with Crippen molar-refractivity contribution in [3.8, 4) is 0 Å². The number of nitro benzene ring substituents is 1. The van der Waals surface area contributed by atoms with Gasteiger partial charge in [0.1, 0.15) is 11.9 Å². The Labute approximate surface area is 182 Å². The number of nitrogens with one attached hydrogen (secondary N) is 1. The molecule has 0 heterocycles. The largest absolute Gasteiger partial charge is 0.454 e. The Morgan fingerprint density at radius 2 is 1.84 bits per heavy atom. The topological polar surface area (TPSA) is 73.9 Å². The molecule has 7 heteroatoms. The Morgan fingerprint density at radius 3 is 2.42 bits per heavy atom. The summed E-state index contributed by atoms with van der Waals surface area (Å²) in [6.07, 6.45) is 5.63. The van der Waals surface area contributed by atoms with Crippen molar-refractivity contribution in [2.45, 2.75) is 44.6 Å². The van der Waals surface area contributed by atoms with Crippen molar-refractivity contribution in [3.63, 3.8) is 0 Å². The van der Waals surface area contributed by atoms with Crippen molar-refractivity contribution in [1.82, 2.24) is 0 Å². The molecule has 1 saturated carbocycles. The lowest BCUT2D eigenvalue weighted by Gasteiger charge is -2.39. The van der Waals surface area contributed by atoms with E-state index in [4.69, 9.17) is 4.74 Å². The first kappa shape index (κ1) is 22.9. The van der Waals surface area contributed by atoms with Crippen molar-refractivity contribution in [1.29, 1.82) is 0 Å². The number of ether oxygens (including phenoxy) is 1. The Bertz CT molecular complexity index is 908. The van der Waals surface area contributed by atoms with E-state index >= 15 is 0 Å². The van der Waals surface area contributed by atoms with Gasteiger partial charge in [-0.25, -0.2) is 9.18 Å². The minimum atomic E-state index is -0.587. The third-order valence-electron chi connectivity index (χ3n) is 6.04. The quantitative estimate of drug-likeness (QED) is 0.389. The van der Waals surface area contributed by atoms with E-state index in [2.05, 4.69) is 14.1 Å². The highest BCUT2D eigenvalue weighted by molar-refractivity contribution is 5.89. The van der Waals surface area contributed by atoms with E-state index in [-0.39, 0.29) is 22.5 Å². The van der Waals surface area contributed by atoms with E-state index in [1.807, 2.05) is 0 Å². The van der Waals surface area contributed by atoms with Gasteiger partial charge in [-0.2, -0.15) is 0 Å². The average Bonchev–Trinajstić information content (AvgIpc) is 2.73. The molecule has 1 fully saturated rings. The smallest absolute Gasteiger partial charge is 0.338 e. The zero-order valence-corrected chi connectivity index (χ0v) is 18.1. The number of rotatable bonds is 8. The number of hydrogen-bond acceptors (Lipinski definition) is 4. The zero-order chi connectivity index (χ0) is 22.4. The summed E-state index contributed by atoms with van der Waals surface area (Å²) in [5.41, 5.74) is 0.800. The number of halogens is 1. The number of nitrogens with zero attached hydrogens (tertiary/aromatic N) is 1. The summed E-state index contributed by atoms with van der Waals surface area (Å²) < 4.78 is 19.9. The van der Waals surface area contributed by atoms with E-state index in [0.29, 0.717) is 12.0 Å². The predicted octanol–water partition coefficient (Wildman–Crippen LogP) is 4.12. The van der Waals surface area contributed by atoms with Gasteiger partial charge in [-0.1, -0.05) is 31.4 Å². The summed E-state index contributed by atoms with van der Waals surface area (Å²) in [4.78, 5) is 24.6. The molecule has 1 N–H and O–H groups in total. The first-order valence-electron chi connectivity index (χ1n) is 10.8. The van der Waals surface area contributed by atoms with E-state index in [0.717, 1.165) is 32.2 Å². The number of carbonyl (C=O) groups is 1. The summed E-state index contributed by atoms with van der Waals surface area (Å²) in [6.45, 7) is 0.952. The Hall–Kier alpha value is -2.80. The minimum absolute atomic E-state index is 0.0177. The Balaban J connectivity index is 1.87. The van der Waals surface area contributed by atoms with Crippen molar-refractivity contribution in [2.24, 2.45) is 5.41 Å². The first-order valence-corrected chi connectivity index (χ1v) is 10.8. The number of carbonyl (C=O) groups excluding carboxylic acids is 1. The molecule has 6 nitrogen and oxygen atoms in total. The van der Waals surface area contributed by atoms with Crippen molar-refractivity contribution >= 4 is 11.7 Å². The van der Waals surface area contributed by atoms with Crippen LogP contribution < -0.4 is 4.90 Å². The van der Waals surface area contributed by atoms with Crippen LogP contribution in [-0.4, -0.2) is 31.5 Å². The van der Waals surface area contributed by atoms with Gasteiger partial charge < -0.3 is 9.64 Å². The number of benzene rings is 2. The van der Waals surface area contributed by atoms with Gasteiger partial charge in [0, 0.05) is 17.5 Å². The van der Waals surface area contributed by atoms with E-state index < -0.39 is 17.0 Å². The van der Waals surface area contributed by atoms with Crippen LogP contribution in [0.1, 0.15) is 60.6 Å². The number of nitro groups is 1. The van der Waals surface area contributed by atoms with Crippen molar-refractivity contribution in [2.75, 3.05) is 20.6 Å². The van der Waals surface area contributed by atoms with Gasteiger partial charge >= 0.3 is 5.97 Å². The molecule has 0 radical (unpaired) electrons. The molecule has 0 spiro atoms. The lowest BCUT2D eigenvalue weighted by molar-refractivity contribution is -0.866. The van der Waals surface area contributed by atoms with Crippen LogP contribution in [0.5, 0.6) is 0 Å². The highest BCUT2D eigenvalue weighted by Crippen LogP contribution is 2.43. The first-order chi connectivity index (χ1) is 14.8. The van der Waals surface area contributed by atoms with E-state index in [1.165, 1.54) is 47.7 Å². The molecule has 31 heavy (non-hydrogen) atoms. The molecular formula is C24H30FN2O4+. The Morgan fingerprint density at radius 1 is 1.16 bits per heavy atom.